The number of halogens is 3. The van der Waals surface area contributed by atoms with Crippen LogP contribution < -0.4 is 10.6 Å². The van der Waals surface area contributed by atoms with Gasteiger partial charge in [-0.1, -0.05) is 12.1 Å². The Kier molecular flexibility index (Phi) is 9.07. The van der Waals surface area contributed by atoms with Crippen molar-refractivity contribution in [3.8, 4) is 0 Å². The Labute approximate surface area is 203 Å². The van der Waals surface area contributed by atoms with Crippen molar-refractivity contribution < 1.29 is 32.4 Å². The van der Waals surface area contributed by atoms with E-state index in [1.165, 1.54) is 24.3 Å². The van der Waals surface area contributed by atoms with Crippen molar-refractivity contribution in [1.29, 1.82) is 0 Å². The zero-order valence-corrected chi connectivity index (χ0v) is 19.3. The first kappa shape index (κ1) is 26.4. The van der Waals surface area contributed by atoms with Crippen LogP contribution in [0.5, 0.6) is 0 Å². The number of nitrogens with zero attached hydrogens (tertiary/aromatic N) is 2. The summed E-state index contributed by atoms with van der Waals surface area (Å²) in [4.78, 5) is 37.8. The molecule has 0 aromatic heterocycles. The predicted molar refractivity (Wildman–Crippen MR) is 123 cm³/mol. The van der Waals surface area contributed by atoms with Crippen molar-refractivity contribution in [3.63, 3.8) is 0 Å². The molecule has 1 saturated heterocycles. The van der Waals surface area contributed by atoms with E-state index in [9.17, 15) is 32.9 Å². The molecule has 35 heavy (non-hydrogen) atoms. The van der Waals surface area contributed by atoms with E-state index in [0.717, 1.165) is 43.1 Å². The number of anilines is 1. The van der Waals surface area contributed by atoms with Crippen molar-refractivity contribution in [3.05, 3.63) is 63.7 Å². The molecule has 13 heteroatoms. The molecule has 1 aliphatic rings. The van der Waals surface area contributed by atoms with E-state index in [1.54, 1.807) is 0 Å². The topological polar surface area (TPSA) is 114 Å². The zero-order valence-electron chi connectivity index (χ0n) is 18.5. The summed E-state index contributed by atoms with van der Waals surface area (Å²) in [5.41, 5.74) is -2.10. The van der Waals surface area contributed by atoms with Crippen LogP contribution in [-0.4, -0.2) is 66.8 Å². The number of hydrogen-bond acceptors (Lipinski definition) is 7. The number of morpholine rings is 1. The molecule has 0 unspecified atom stereocenters. The van der Waals surface area contributed by atoms with Gasteiger partial charge in [-0.2, -0.15) is 13.2 Å². The number of ether oxygens (including phenoxy) is 1. The number of rotatable bonds is 9. The van der Waals surface area contributed by atoms with Crippen LogP contribution in [-0.2, 0) is 15.7 Å². The summed E-state index contributed by atoms with van der Waals surface area (Å²) in [7, 11) is 0. The molecule has 2 N–H and O–H groups in total. The van der Waals surface area contributed by atoms with E-state index in [2.05, 4.69) is 15.5 Å². The summed E-state index contributed by atoms with van der Waals surface area (Å²) < 4.78 is 44.7. The number of nitrogens with one attached hydrogen (secondary N) is 2. The number of carbonyl (C=O) groups is 2. The monoisotopic (exact) mass is 512 g/mol. The molecule has 0 saturated carbocycles. The first-order valence-electron chi connectivity index (χ1n) is 10.6. The van der Waals surface area contributed by atoms with Gasteiger partial charge in [-0.05, 0) is 24.3 Å². The minimum Gasteiger partial charge on any atom is -0.379 e. The highest BCUT2D eigenvalue weighted by Gasteiger charge is 2.33. The number of carbonyl (C=O) groups excluding carboxylic acids is 2. The van der Waals surface area contributed by atoms with Gasteiger partial charge in [0.25, 0.3) is 11.6 Å². The lowest BCUT2D eigenvalue weighted by Gasteiger charge is -2.26. The van der Waals surface area contributed by atoms with Crippen molar-refractivity contribution >= 4 is 35.0 Å². The molecule has 9 nitrogen and oxygen atoms in total. The van der Waals surface area contributed by atoms with Crippen LogP contribution in [0.1, 0.15) is 15.9 Å². The molecule has 0 bridgehead atoms. The number of hydrogen-bond donors (Lipinski definition) is 2. The molecule has 0 spiro atoms. The smallest absolute Gasteiger partial charge is 0.379 e. The van der Waals surface area contributed by atoms with Crippen molar-refractivity contribution in [2.45, 2.75) is 11.1 Å². The molecule has 0 atom stereocenters. The van der Waals surface area contributed by atoms with Gasteiger partial charge in [0.15, 0.2) is 0 Å². The van der Waals surface area contributed by atoms with E-state index in [-0.39, 0.29) is 22.1 Å². The zero-order chi connectivity index (χ0) is 25.4. The fourth-order valence-corrected chi connectivity index (χ4v) is 4.16. The molecule has 1 aliphatic heterocycles. The quantitative estimate of drug-likeness (QED) is 0.301. The summed E-state index contributed by atoms with van der Waals surface area (Å²) in [6.07, 6.45) is -4.68. The third-order valence-electron chi connectivity index (χ3n) is 5.11. The molecular formula is C22H23F3N4O5S. The molecule has 2 aromatic rings. The standard InChI is InChI=1S/C22H23F3N4O5S/c23-22(24,25)16-3-1-2-4-17(16)27-21(31)15-5-6-19(18(13-15)29(32)33)35-14-20(30)26-7-8-28-9-11-34-12-10-28/h1-6,13H,7-12,14H2,(H,26,30)(H,27,31). The first-order valence-corrected chi connectivity index (χ1v) is 11.6. The highest BCUT2D eigenvalue weighted by molar-refractivity contribution is 8.00. The number of thioether (sulfide) groups is 1. The largest absolute Gasteiger partial charge is 0.418 e. The highest BCUT2D eigenvalue weighted by atomic mass is 32.2. The Morgan fingerprint density at radius 3 is 2.54 bits per heavy atom. The highest BCUT2D eigenvalue weighted by Crippen LogP contribution is 2.35. The maximum atomic E-state index is 13.2. The van der Waals surface area contributed by atoms with Gasteiger partial charge in [0.2, 0.25) is 5.91 Å². The minimum atomic E-state index is -4.68. The van der Waals surface area contributed by atoms with E-state index >= 15 is 0 Å². The lowest BCUT2D eigenvalue weighted by molar-refractivity contribution is -0.387. The first-order chi connectivity index (χ1) is 16.6. The van der Waals surface area contributed by atoms with Gasteiger partial charge < -0.3 is 15.4 Å². The van der Waals surface area contributed by atoms with Gasteiger partial charge in [0.1, 0.15) is 0 Å². The number of nitro groups is 1. The number of amides is 2. The van der Waals surface area contributed by atoms with Gasteiger partial charge in [0, 0.05) is 37.8 Å². The summed E-state index contributed by atoms with van der Waals surface area (Å²) in [5, 5.41) is 16.4. The number of para-hydroxylation sites is 1. The van der Waals surface area contributed by atoms with Crippen LogP contribution in [0.3, 0.4) is 0 Å². The Balaban J connectivity index is 1.61. The number of nitro benzene ring substituents is 1. The Bertz CT molecular complexity index is 1080. The molecule has 1 heterocycles. The summed E-state index contributed by atoms with van der Waals surface area (Å²) >= 11 is 0.932. The lowest BCUT2D eigenvalue weighted by Crippen LogP contribution is -2.41. The average molecular weight is 513 g/mol. The van der Waals surface area contributed by atoms with Crippen LogP contribution in [0, 0.1) is 10.1 Å². The summed E-state index contributed by atoms with van der Waals surface area (Å²) in [5.74, 6) is -1.31. The Hall–Kier alpha value is -3.16. The second-order valence-electron chi connectivity index (χ2n) is 7.53. The molecule has 188 valence electrons. The molecule has 2 aromatic carbocycles. The molecule has 3 rings (SSSR count). The second kappa shape index (κ2) is 12.0. The lowest BCUT2D eigenvalue weighted by atomic mass is 10.1. The van der Waals surface area contributed by atoms with Crippen LogP contribution >= 0.6 is 11.8 Å². The number of benzene rings is 2. The van der Waals surface area contributed by atoms with E-state index in [4.69, 9.17) is 4.74 Å². The molecule has 1 fully saturated rings. The Morgan fingerprint density at radius 1 is 1.14 bits per heavy atom. The maximum Gasteiger partial charge on any atom is 0.418 e. The fourth-order valence-electron chi connectivity index (χ4n) is 3.33. The minimum absolute atomic E-state index is 0.0749. The maximum absolute atomic E-state index is 13.2. The van der Waals surface area contributed by atoms with E-state index in [1.807, 2.05) is 0 Å². The summed E-state index contributed by atoms with van der Waals surface area (Å²) in [6, 6.07) is 7.98. The number of alkyl halides is 3. The van der Waals surface area contributed by atoms with Gasteiger partial charge in [0.05, 0.1) is 40.0 Å². The van der Waals surface area contributed by atoms with Gasteiger partial charge in [-0.15, -0.1) is 11.8 Å². The van der Waals surface area contributed by atoms with Gasteiger partial charge in [-0.3, -0.25) is 24.6 Å². The molecule has 0 radical (unpaired) electrons. The van der Waals surface area contributed by atoms with Crippen molar-refractivity contribution in [2.24, 2.45) is 0 Å². The van der Waals surface area contributed by atoms with Crippen LogP contribution in [0.15, 0.2) is 47.4 Å². The molecule has 0 aliphatic carbocycles. The fraction of sp³-hybridized carbons (Fsp3) is 0.364. The van der Waals surface area contributed by atoms with Crippen LogP contribution in [0.25, 0.3) is 0 Å². The Morgan fingerprint density at radius 2 is 1.86 bits per heavy atom. The van der Waals surface area contributed by atoms with Crippen LogP contribution in [0.2, 0.25) is 0 Å². The summed E-state index contributed by atoms with van der Waals surface area (Å²) in [6.45, 7) is 3.98. The van der Waals surface area contributed by atoms with Gasteiger partial charge in [-0.25, -0.2) is 0 Å². The SMILES string of the molecule is O=C(CSc1ccc(C(=O)Nc2ccccc2C(F)(F)F)cc1[N+](=O)[O-])NCCN1CCOCC1. The van der Waals surface area contributed by atoms with Crippen molar-refractivity contribution in [2.75, 3.05) is 50.5 Å². The van der Waals surface area contributed by atoms with Crippen LogP contribution in [0.4, 0.5) is 24.5 Å². The van der Waals surface area contributed by atoms with Crippen molar-refractivity contribution in [1.82, 2.24) is 10.2 Å². The van der Waals surface area contributed by atoms with E-state index < -0.39 is 33.9 Å². The average Bonchev–Trinajstić information content (AvgIpc) is 2.83. The normalized spacial score (nSPS) is 14.4. The molecule has 2 amide bonds. The third kappa shape index (κ3) is 7.67. The molecular weight excluding hydrogens is 489 g/mol. The van der Waals surface area contributed by atoms with Gasteiger partial charge >= 0.3 is 6.18 Å². The predicted octanol–water partition coefficient (Wildman–Crippen LogP) is 3.41. The van der Waals surface area contributed by atoms with E-state index in [0.29, 0.717) is 26.3 Å². The third-order valence-corrected chi connectivity index (χ3v) is 6.17. The second-order valence-corrected chi connectivity index (χ2v) is 8.55.